The number of fused-ring (bicyclic) bond motifs is 1. The second kappa shape index (κ2) is 1.97. The van der Waals surface area contributed by atoms with Crippen LogP contribution in [0.3, 0.4) is 0 Å². The Hall–Kier alpha value is 0.960. The fourth-order valence-electron chi connectivity index (χ4n) is 1.98. The van der Waals surface area contributed by atoms with E-state index in [0.29, 0.717) is 3.23 Å². The van der Waals surface area contributed by atoms with Crippen LogP contribution < -0.4 is 0 Å². The van der Waals surface area contributed by atoms with Crippen molar-refractivity contribution < 1.29 is 0 Å². The molecule has 2 atom stereocenters. The molecule has 0 heterocycles. The average molecular weight is 254 g/mol. The van der Waals surface area contributed by atoms with Crippen LogP contribution in [0.5, 0.6) is 0 Å². The molecule has 2 rings (SSSR count). The normalized spacial score (nSPS) is 46.0. The highest BCUT2D eigenvalue weighted by atomic mass is 79.9. The van der Waals surface area contributed by atoms with E-state index in [9.17, 15) is 0 Å². The van der Waals surface area contributed by atoms with Gasteiger partial charge in [0.05, 0.1) is 3.23 Å². The average Bonchev–Trinajstić information content (AvgIpc) is 2.39. The first-order chi connectivity index (χ1) is 4.23. The molecule has 0 bridgehead atoms. The highest BCUT2D eigenvalue weighted by Gasteiger charge is 2.61. The van der Waals surface area contributed by atoms with Crippen molar-refractivity contribution in [3.8, 4) is 0 Å². The third kappa shape index (κ3) is 0.900. The molecule has 0 aromatic rings. The zero-order chi connectivity index (χ0) is 6.48. The van der Waals surface area contributed by atoms with E-state index in [2.05, 4.69) is 31.9 Å². The molecule has 0 aromatic heterocycles. The van der Waals surface area contributed by atoms with Crippen molar-refractivity contribution in [2.45, 2.75) is 28.9 Å². The van der Waals surface area contributed by atoms with Crippen LogP contribution in [0.15, 0.2) is 0 Å². The quantitative estimate of drug-likeness (QED) is 0.582. The molecule has 0 nitrogen and oxygen atoms in total. The molecule has 2 aliphatic carbocycles. The fraction of sp³-hybridized carbons (Fsp3) is 1.00. The molecule has 0 aliphatic heterocycles. The van der Waals surface area contributed by atoms with E-state index < -0.39 is 0 Å². The van der Waals surface area contributed by atoms with Crippen LogP contribution in [-0.2, 0) is 0 Å². The van der Waals surface area contributed by atoms with Crippen LogP contribution in [0.25, 0.3) is 0 Å². The van der Waals surface area contributed by atoms with Crippen LogP contribution >= 0.6 is 31.9 Å². The van der Waals surface area contributed by atoms with Gasteiger partial charge in [0, 0.05) is 0 Å². The molecule has 0 N–H and O–H groups in total. The maximum absolute atomic E-state index is 3.70. The van der Waals surface area contributed by atoms with Gasteiger partial charge in [0.1, 0.15) is 0 Å². The van der Waals surface area contributed by atoms with E-state index in [1.165, 1.54) is 25.7 Å². The third-order valence-corrected chi connectivity index (χ3v) is 5.00. The lowest BCUT2D eigenvalue weighted by Gasteiger charge is -2.04. The molecule has 0 aromatic carbocycles. The van der Waals surface area contributed by atoms with Gasteiger partial charge < -0.3 is 0 Å². The largest absolute Gasteiger partial charge is 0.0868 e. The standard InChI is InChI=1S/C7H10Br2/c8-7(9)5-3-1-2-4-6(5)7/h5-6H,1-4H2. The number of hydrogen-bond donors (Lipinski definition) is 0. The summed E-state index contributed by atoms with van der Waals surface area (Å²) in [5.74, 6) is 1.90. The Labute approximate surface area is 72.7 Å². The molecule has 52 valence electrons. The van der Waals surface area contributed by atoms with Gasteiger partial charge in [-0.2, -0.15) is 0 Å². The molecule has 2 unspecified atom stereocenters. The van der Waals surface area contributed by atoms with Gasteiger partial charge in [-0.1, -0.05) is 44.7 Å². The molecule has 2 saturated carbocycles. The summed E-state index contributed by atoms with van der Waals surface area (Å²) in [7, 11) is 0. The van der Waals surface area contributed by atoms with Crippen LogP contribution in [0.4, 0.5) is 0 Å². The second-order valence-corrected chi connectivity index (χ2v) is 6.86. The van der Waals surface area contributed by atoms with E-state index in [0.717, 1.165) is 11.8 Å². The third-order valence-electron chi connectivity index (χ3n) is 2.65. The summed E-state index contributed by atoms with van der Waals surface area (Å²) in [5.41, 5.74) is 0. The fourth-order valence-corrected chi connectivity index (χ4v) is 3.90. The van der Waals surface area contributed by atoms with Crippen LogP contribution in [0, 0.1) is 11.8 Å². The van der Waals surface area contributed by atoms with Gasteiger partial charge in [-0.05, 0) is 24.7 Å². The molecule has 0 amide bonds. The Balaban J connectivity index is 2.06. The van der Waals surface area contributed by atoms with Crippen LogP contribution in [0.1, 0.15) is 25.7 Å². The maximum Gasteiger partial charge on any atom is 0.0868 e. The minimum atomic E-state index is 0.372. The molecule has 9 heavy (non-hydrogen) atoms. The van der Waals surface area contributed by atoms with Crippen molar-refractivity contribution in [1.82, 2.24) is 0 Å². The van der Waals surface area contributed by atoms with Crippen molar-refractivity contribution in [2.75, 3.05) is 0 Å². The predicted octanol–water partition coefficient (Wildman–Crippen LogP) is 3.29. The highest BCUT2D eigenvalue weighted by molar-refractivity contribution is 9.25. The lowest BCUT2D eigenvalue weighted by molar-refractivity contribution is 0.480. The topological polar surface area (TPSA) is 0 Å². The van der Waals surface area contributed by atoms with E-state index in [4.69, 9.17) is 0 Å². The summed E-state index contributed by atoms with van der Waals surface area (Å²) in [6, 6.07) is 0. The van der Waals surface area contributed by atoms with E-state index in [1.807, 2.05) is 0 Å². The Morgan fingerprint density at radius 2 is 1.44 bits per heavy atom. The smallest absolute Gasteiger partial charge is 0.0721 e. The van der Waals surface area contributed by atoms with Crippen molar-refractivity contribution in [1.29, 1.82) is 0 Å². The molecule has 0 saturated heterocycles. The highest BCUT2D eigenvalue weighted by Crippen LogP contribution is 2.67. The Morgan fingerprint density at radius 1 is 1.00 bits per heavy atom. The Bertz CT molecular complexity index is 117. The van der Waals surface area contributed by atoms with E-state index in [-0.39, 0.29) is 0 Å². The van der Waals surface area contributed by atoms with Gasteiger partial charge in [-0.25, -0.2) is 0 Å². The number of alkyl halides is 2. The summed E-state index contributed by atoms with van der Waals surface area (Å²) < 4.78 is 0.372. The molecular formula is C7H10Br2. The van der Waals surface area contributed by atoms with Gasteiger partial charge in [0.2, 0.25) is 0 Å². The van der Waals surface area contributed by atoms with Crippen molar-refractivity contribution in [2.24, 2.45) is 11.8 Å². The van der Waals surface area contributed by atoms with Crippen molar-refractivity contribution in [3.63, 3.8) is 0 Å². The van der Waals surface area contributed by atoms with Gasteiger partial charge in [-0.15, -0.1) is 0 Å². The summed E-state index contributed by atoms with van der Waals surface area (Å²) in [5, 5.41) is 0. The van der Waals surface area contributed by atoms with Crippen LogP contribution in [0.2, 0.25) is 0 Å². The Kier molecular flexibility index (Phi) is 1.46. The first-order valence-corrected chi connectivity index (χ1v) is 5.19. The van der Waals surface area contributed by atoms with Gasteiger partial charge in [0.15, 0.2) is 0 Å². The zero-order valence-corrected chi connectivity index (χ0v) is 8.41. The number of halogens is 2. The second-order valence-electron chi connectivity index (χ2n) is 3.17. The van der Waals surface area contributed by atoms with E-state index in [1.54, 1.807) is 0 Å². The monoisotopic (exact) mass is 252 g/mol. The minimum Gasteiger partial charge on any atom is -0.0721 e. The molecular weight excluding hydrogens is 244 g/mol. The van der Waals surface area contributed by atoms with Gasteiger partial charge in [-0.3, -0.25) is 0 Å². The van der Waals surface area contributed by atoms with Crippen LogP contribution in [-0.4, -0.2) is 3.23 Å². The van der Waals surface area contributed by atoms with Crippen molar-refractivity contribution in [3.05, 3.63) is 0 Å². The maximum atomic E-state index is 3.70. The Morgan fingerprint density at radius 3 is 1.78 bits per heavy atom. The molecule has 0 spiro atoms. The van der Waals surface area contributed by atoms with Crippen molar-refractivity contribution >= 4 is 31.9 Å². The molecule has 2 aliphatic rings. The molecule has 2 fully saturated rings. The van der Waals surface area contributed by atoms with Gasteiger partial charge in [0.25, 0.3) is 0 Å². The summed E-state index contributed by atoms with van der Waals surface area (Å²) in [6.07, 6.45) is 5.75. The first kappa shape index (κ1) is 6.66. The lowest BCUT2D eigenvalue weighted by atomic mass is 10.0. The number of rotatable bonds is 0. The summed E-state index contributed by atoms with van der Waals surface area (Å²) in [4.78, 5) is 0. The SMILES string of the molecule is BrC1(Br)C2CCCCC21. The first-order valence-electron chi connectivity index (χ1n) is 3.61. The zero-order valence-electron chi connectivity index (χ0n) is 5.24. The summed E-state index contributed by atoms with van der Waals surface area (Å²) >= 11 is 7.39. The molecule has 0 radical (unpaired) electrons. The minimum absolute atomic E-state index is 0.372. The predicted molar refractivity (Wildman–Crippen MR) is 46.0 cm³/mol. The van der Waals surface area contributed by atoms with E-state index >= 15 is 0 Å². The number of hydrogen-bond acceptors (Lipinski definition) is 0. The summed E-state index contributed by atoms with van der Waals surface area (Å²) in [6.45, 7) is 0. The van der Waals surface area contributed by atoms with Gasteiger partial charge >= 0.3 is 0 Å². The molecule has 2 heteroatoms. The lowest BCUT2D eigenvalue weighted by Crippen LogP contribution is -1.91.